The number of aromatic nitrogens is 2. The summed E-state index contributed by atoms with van der Waals surface area (Å²) in [7, 11) is 0. The number of rotatable bonds is 3. The summed E-state index contributed by atoms with van der Waals surface area (Å²) in [5, 5.41) is 11.9. The van der Waals surface area contributed by atoms with Crippen LogP contribution in [0.2, 0.25) is 5.02 Å². The zero-order valence-corrected chi connectivity index (χ0v) is 17.7. The lowest BCUT2D eigenvalue weighted by Gasteiger charge is -2.33. The molecule has 0 unspecified atom stereocenters. The number of alkyl halides is 3. The Hall–Kier alpha value is -2.04. The first-order valence-corrected chi connectivity index (χ1v) is 10.5. The Bertz CT molecular complexity index is 1050. The molecule has 0 aliphatic carbocycles. The fraction of sp³-hybridized carbons (Fsp3) is 0.222. The van der Waals surface area contributed by atoms with Gasteiger partial charge in [-0.15, -0.1) is 11.3 Å². The lowest BCUT2D eigenvalue weighted by atomic mass is 10.0. The van der Waals surface area contributed by atoms with E-state index in [1.54, 1.807) is 30.3 Å². The number of benzene rings is 1. The largest absolute Gasteiger partial charge is 0.410 e. The van der Waals surface area contributed by atoms with Crippen molar-refractivity contribution in [3.8, 4) is 0 Å². The number of nitrogens with zero attached hydrogens (tertiary/aromatic N) is 2. The van der Waals surface area contributed by atoms with E-state index < -0.39 is 24.2 Å². The average Bonchev–Trinajstić information content (AvgIpc) is 3.29. The Balaban J connectivity index is 1.70. The molecule has 1 aliphatic heterocycles. The molecule has 1 amide bonds. The van der Waals surface area contributed by atoms with Crippen LogP contribution >= 0.6 is 38.9 Å². The Labute approximate surface area is 181 Å². The Morgan fingerprint density at radius 3 is 2.79 bits per heavy atom. The molecule has 29 heavy (non-hydrogen) atoms. The van der Waals surface area contributed by atoms with Crippen molar-refractivity contribution in [2.45, 2.75) is 24.7 Å². The number of carbonyl (C=O) groups excluding carboxylic acids is 1. The third-order valence-corrected chi connectivity index (χ3v) is 6.45. The molecule has 0 saturated carbocycles. The van der Waals surface area contributed by atoms with E-state index in [1.807, 2.05) is 5.38 Å². The van der Waals surface area contributed by atoms with Gasteiger partial charge in [-0.1, -0.05) is 23.7 Å². The van der Waals surface area contributed by atoms with Crippen LogP contribution in [0.3, 0.4) is 0 Å². The molecule has 0 radical (unpaired) electrons. The molecule has 0 saturated heterocycles. The van der Waals surface area contributed by atoms with E-state index in [0.717, 1.165) is 9.56 Å². The molecular formula is C18H13BrClF3N4OS. The van der Waals surface area contributed by atoms with Gasteiger partial charge < -0.3 is 10.6 Å². The summed E-state index contributed by atoms with van der Waals surface area (Å²) in [6, 6.07) is 7.63. The summed E-state index contributed by atoms with van der Waals surface area (Å²) < 4.78 is 42.3. The van der Waals surface area contributed by atoms with Crippen LogP contribution in [0.5, 0.6) is 0 Å². The molecular weight excluding hydrogens is 493 g/mol. The summed E-state index contributed by atoms with van der Waals surface area (Å²) in [5.74, 6) is -0.523. The molecule has 3 heterocycles. The maximum Gasteiger partial charge on any atom is 0.410 e. The first kappa shape index (κ1) is 20.2. The fourth-order valence-electron chi connectivity index (χ4n) is 3.17. The molecule has 11 heteroatoms. The van der Waals surface area contributed by atoms with E-state index in [0.29, 0.717) is 10.7 Å². The van der Waals surface area contributed by atoms with Crippen LogP contribution in [-0.4, -0.2) is 21.9 Å². The van der Waals surface area contributed by atoms with Crippen LogP contribution in [0.15, 0.2) is 46.3 Å². The Morgan fingerprint density at radius 1 is 1.34 bits per heavy atom. The highest BCUT2D eigenvalue weighted by molar-refractivity contribution is 9.10. The number of fused-ring (bicyclic) bond motifs is 1. The highest BCUT2D eigenvalue weighted by Crippen LogP contribution is 2.46. The molecule has 1 aromatic carbocycles. The highest BCUT2D eigenvalue weighted by atomic mass is 79.9. The number of nitrogens with one attached hydrogen (secondary N) is 2. The van der Waals surface area contributed by atoms with Crippen molar-refractivity contribution in [1.82, 2.24) is 9.78 Å². The van der Waals surface area contributed by atoms with Crippen molar-refractivity contribution < 1.29 is 18.0 Å². The fourth-order valence-corrected chi connectivity index (χ4v) is 4.70. The molecule has 1 aliphatic rings. The van der Waals surface area contributed by atoms with E-state index in [9.17, 15) is 18.0 Å². The number of hydrogen-bond acceptors (Lipinski definition) is 4. The third-order valence-electron chi connectivity index (χ3n) is 4.48. The Morgan fingerprint density at radius 2 is 2.14 bits per heavy atom. The Kier molecular flexibility index (Phi) is 5.34. The lowest BCUT2D eigenvalue weighted by Crippen LogP contribution is -2.35. The molecule has 3 aromatic rings. The van der Waals surface area contributed by atoms with Crippen molar-refractivity contribution in [3.63, 3.8) is 0 Å². The second-order valence-electron chi connectivity index (χ2n) is 6.43. The number of thiophene rings is 1. The van der Waals surface area contributed by atoms with E-state index in [1.165, 1.54) is 17.4 Å². The van der Waals surface area contributed by atoms with Gasteiger partial charge in [0, 0.05) is 22.0 Å². The quantitative estimate of drug-likeness (QED) is 0.441. The molecule has 152 valence electrons. The lowest BCUT2D eigenvalue weighted by molar-refractivity contribution is -0.173. The molecule has 2 N–H and O–H groups in total. The van der Waals surface area contributed by atoms with Crippen LogP contribution in [0.25, 0.3) is 0 Å². The average molecular weight is 506 g/mol. The van der Waals surface area contributed by atoms with E-state index in [-0.39, 0.29) is 22.4 Å². The molecule has 0 bridgehead atoms. The van der Waals surface area contributed by atoms with Gasteiger partial charge in [0.1, 0.15) is 5.82 Å². The van der Waals surface area contributed by atoms with Gasteiger partial charge in [0.2, 0.25) is 0 Å². The number of anilines is 2. The van der Waals surface area contributed by atoms with E-state index >= 15 is 0 Å². The number of carbonyl (C=O) groups is 1. The maximum atomic E-state index is 13.8. The summed E-state index contributed by atoms with van der Waals surface area (Å²) in [6.07, 6.45) is -4.74. The van der Waals surface area contributed by atoms with Crippen molar-refractivity contribution in [2.24, 2.45) is 0 Å². The number of halogens is 5. The second kappa shape index (κ2) is 7.66. The summed E-state index contributed by atoms with van der Waals surface area (Å²) >= 11 is 10.5. The van der Waals surface area contributed by atoms with Gasteiger partial charge in [0.15, 0.2) is 11.7 Å². The van der Waals surface area contributed by atoms with Crippen molar-refractivity contribution >= 4 is 56.3 Å². The SMILES string of the molecule is O=C(Nc1cccc(Cl)c1)c1nn2c(c1Br)N[C@H](c1cccs1)C[C@H]2C(F)(F)F. The first-order valence-electron chi connectivity index (χ1n) is 8.45. The van der Waals surface area contributed by atoms with Gasteiger partial charge in [-0.3, -0.25) is 4.79 Å². The van der Waals surface area contributed by atoms with Crippen molar-refractivity contribution in [3.05, 3.63) is 61.8 Å². The summed E-state index contributed by atoms with van der Waals surface area (Å²) in [6.45, 7) is 0. The monoisotopic (exact) mass is 504 g/mol. The van der Waals surface area contributed by atoms with Crippen LogP contribution in [0, 0.1) is 0 Å². The number of amides is 1. The van der Waals surface area contributed by atoms with Crippen molar-refractivity contribution in [1.29, 1.82) is 0 Å². The van der Waals surface area contributed by atoms with E-state index in [4.69, 9.17) is 11.6 Å². The molecule has 2 atom stereocenters. The smallest absolute Gasteiger partial charge is 0.362 e. The predicted molar refractivity (Wildman–Crippen MR) is 110 cm³/mol. The second-order valence-corrected chi connectivity index (χ2v) is 8.63. The summed E-state index contributed by atoms with van der Waals surface area (Å²) in [5.41, 5.74) is 0.269. The normalized spacial score (nSPS) is 18.8. The number of hydrogen-bond donors (Lipinski definition) is 2. The van der Waals surface area contributed by atoms with Gasteiger partial charge in [-0.25, -0.2) is 4.68 Å². The minimum Gasteiger partial charge on any atom is -0.362 e. The van der Waals surface area contributed by atoms with Gasteiger partial charge in [0.05, 0.1) is 10.5 Å². The topological polar surface area (TPSA) is 59.0 Å². The zero-order chi connectivity index (χ0) is 20.8. The van der Waals surface area contributed by atoms with Crippen LogP contribution in [0.4, 0.5) is 24.7 Å². The van der Waals surface area contributed by atoms with E-state index in [2.05, 4.69) is 31.7 Å². The maximum absolute atomic E-state index is 13.8. The van der Waals surface area contributed by atoms with Gasteiger partial charge >= 0.3 is 6.18 Å². The molecule has 4 rings (SSSR count). The van der Waals surface area contributed by atoms with Crippen LogP contribution < -0.4 is 10.6 Å². The third kappa shape index (κ3) is 4.01. The molecule has 2 aromatic heterocycles. The van der Waals surface area contributed by atoms with Gasteiger partial charge in [0.25, 0.3) is 5.91 Å². The minimum atomic E-state index is -4.52. The molecule has 0 fully saturated rings. The minimum absolute atomic E-state index is 0.119. The molecule has 5 nitrogen and oxygen atoms in total. The summed E-state index contributed by atoms with van der Waals surface area (Å²) in [4.78, 5) is 13.4. The van der Waals surface area contributed by atoms with Crippen LogP contribution in [0.1, 0.15) is 33.9 Å². The zero-order valence-electron chi connectivity index (χ0n) is 14.5. The predicted octanol–water partition coefficient (Wildman–Crippen LogP) is 6.27. The standard InChI is InChI=1S/C18H13BrClF3N4OS/c19-14-15(17(28)24-10-4-1-3-9(20)7-10)26-27-13(18(21,22)23)8-11(25-16(14)27)12-5-2-6-29-12/h1-7,11,13,25H,8H2,(H,24,28)/t11-,13-/m0/s1. The molecule has 0 spiro atoms. The van der Waals surface area contributed by atoms with Gasteiger partial charge in [-0.05, 0) is 45.6 Å². The first-order chi connectivity index (χ1) is 13.7. The highest BCUT2D eigenvalue weighted by Gasteiger charge is 2.48. The van der Waals surface area contributed by atoms with Gasteiger partial charge in [-0.2, -0.15) is 18.3 Å². The van der Waals surface area contributed by atoms with Crippen molar-refractivity contribution in [2.75, 3.05) is 10.6 Å². The van der Waals surface area contributed by atoms with Crippen LogP contribution in [-0.2, 0) is 0 Å².